The van der Waals surface area contributed by atoms with Crippen molar-refractivity contribution in [2.45, 2.75) is 45.4 Å². The highest BCUT2D eigenvalue weighted by Crippen LogP contribution is 1.95. The van der Waals surface area contributed by atoms with E-state index in [0.29, 0.717) is 18.2 Å². The van der Waals surface area contributed by atoms with Gasteiger partial charge in [0.2, 0.25) is 0 Å². The Balaban J connectivity index is 3.66. The van der Waals surface area contributed by atoms with E-state index in [2.05, 4.69) is 36.7 Å². The van der Waals surface area contributed by atoms with Crippen LogP contribution >= 0.6 is 0 Å². The largest absolute Gasteiger partial charge is 0.317 e. The predicted molar refractivity (Wildman–Crippen MR) is 54.3 cm³/mol. The summed E-state index contributed by atoms with van der Waals surface area (Å²) in [6, 6.07) is 1.08. The lowest BCUT2D eigenvalue weighted by Crippen LogP contribution is -2.47. The Morgan fingerprint density at radius 2 is 1.58 bits per heavy atom. The summed E-state index contributed by atoms with van der Waals surface area (Å²) in [5, 5.41) is 9.91. The molecule has 0 saturated carbocycles. The molecule has 0 bridgehead atoms. The van der Waals surface area contributed by atoms with Crippen molar-refractivity contribution in [2.75, 3.05) is 14.1 Å². The molecule has 0 fully saturated rings. The summed E-state index contributed by atoms with van der Waals surface area (Å²) in [5.74, 6) is 0. The average Bonchev–Trinajstić information content (AvgIpc) is 2.02. The van der Waals surface area contributed by atoms with Gasteiger partial charge in [0.25, 0.3) is 0 Å². The highest BCUT2D eigenvalue weighted by molar-refractivity contribution is 4.70. The fourth-order valence-corrected chi connectivity index (χ4v) is 1.14. The van der Waals surface area contributed by atoms with Gasteiger partial charge < -0.3 is 10.6 Å². The van der Waals surface area contributed by atoms with Gasteiger partial charge in [0.05, 0.1) is 6.17 Å². The fraction of sp³-hybridized carbons (Fsp3) is 1.00. The Hall–Kier alpha value is -0.120. The van der Waals surface area contributed by atoms with E-state index in [1.165, 1.54) is 0 Å². The maximum atomic E-state index is 3.44. The van der Waals surface area contributed by atoms with Crippen molar-refractivity contribution in [3.8, 4) is 0 Å². The Morgan fingerprint density at radius 3 is 1.92 bits per heavy atom. The summed E-state index contributed by atoms with van der Waals surface area (Å²) in [7, 11) is 3.98. The second kappa shape index (κ2) is 6.40. The lowest BCUT2D eigenvalue weighted by Gasteiger charge is -2.23. The summed E-state index contributed by atoms with van der Waals surface area (Å²) >= 11 is 0. The summed E-state index contributed by atoms with van der Waals surface area (Å²) in [6.07, 6.45) is 1.51. The maximum absolute atomic E-state index is 3.44. The van der Waals surface area contributed by atoms with Crippen LogP contribution in [0, 0.1) is 0 Å². The van der Waals surface area contributed by atoms with Gasteiger partial charge in [-0.2, -0.15) is 0 Å². The molecule has 0 rings (SSSR count). The third-order valence-corrected chi connectivity index (χ3v) is 1.97. The zero-order valence-corrected chi connectivity index (χ0v) is 8.94. The van der Waals surface area contributed by atoms with Crippen LogP contribution in [0.4, 0.5) is 0 Å². The van der Waals surface area contributed by atoms with E-state index < -0.39 is 0 Å². The van der Waals surface area contributed by atoms with E-state index in [1.54, 1.807) is 0 Å². The summed E-state index contributed by atoms with van der Waals surface area (Å²) in [6.45, 7) is 6.51. The van der Waals surface area contributed by atoms with Crippen molar-refractivity contribution >= 4 is 0 Å². The maximum Gasteiger partial charge on any atom is 0.0586 e. The number of rotatable bonds is 6. The van der Waals surface area contributed by atoms with Gasteiger partial charge in [-0.1, -0.05) is 0 Å². The van der Waals surface area contributed by atoms with Gasteiger partial charge in [0.1, 0.15) is 0 Å². The Labute approximate surface area is 76.3 Å². The molecule has 0 heterocycles. The standard InChI is InChI=1S/C9H23N3/c1-7(2)12-9(11-5)6-8(3)10-4/h7-12H,6H2,1-5H3. The zero-order chi connectivity index (χ0) is 9.56. The molecule has 74 valence electrons. The fourth-order valence-electron chi connectivity index (χ4n) is 1.14. The van der Waals surface area contributed by atoms with Crippen LogP contribution in [0.15, 0.2) is 0 Å². The first-order chi connectivity index (χ1) is 5.60. The molecule has 0 aliphatic heterocycles. The van der Waals surface area contributed by atoms with Gasteiger partial charge in [-0.3, -0.25) is 5.32 Å². The lowest BCUT2D eigenvalue weighted by molar-refractivity contribution is 0.359. The molecule has 3 heteroatoms. The number of hydrogen-bond donors (Lipinski definition) is 3. The minimum atomic E-state index is 0.410. The third-order valence-electron chi connectivity index (χ3n) is 1.97. The van der Waals surface area contributed by atoms with Crippen LogP contribution < -0.4 is 16.0 Å². The molecule has 0 aromatic heterocycles. The van der Waals surface area contributed by atoms with E-state index in [4.69, 9.17) is 0 Å². The van der Waals surface area contributed by atoms with Crippen LogP contribution in [-0.2, 0) is 0 Å². The van der Waals surface area contributed by atoms with Crippen molar-refractivity contribution in [1.29, 1.82) is 0 Å². The van der Waals surface area contributed by atoms with Gasteiger partial charge in [0.15, 0.2) is 0 Å². The molecule has 0 radical (unpaired) electrons. The van der Waals surface area contributed by atoms with Crippen LogP contribution in [0.5, 0.6) is 0 Å². The van der Waals surface area contributed by atoms with Gasteiger partial charge in [0, 0.05) is 12.1 Å². The molecular weight excluding hydrogens is 150 g/mol. The van der Waals surface area contributed by atoms with E-state index in [9.17, 15) is 0 Å². The summed E-state index contributed by atoms with van der Waals surface area (Å²) < 4.78 is 0. The van der Waals surface area contributed by atoms with Crippen molar-refractivity contribution in [2.24, 2.45) is 0 Å². The predicted octanol–water partition coefficient (Wildman–Crippen LogP) is 0.528. The van der Waals surface area contributed by atoms with Gasteiger partial charge in [-0.25, -0.2) is 0 Å². The number of nitrogens with one attached hydrogen (secondary N) is 3. The molecule has 0 amide bonds. The molecular formula is C9H23N3. The molecule has 0 aromatic rings. The van der Waals surface area contributed by atoms with E-state index >= 15 is 0 Å². The SMILES string of the molecule is CNC(C)CC(NC)NC(C)C. The van der Waals surface area contributed by atoms with Gasteiger partial charge in [-0.05, 0) is 41.3 Å². The highest BCUT2D eigenvalue weighted by Gasteiger charge is 2.09. The molecule has 2 unspecified atom stereocenters. The molecule has 3 N–H and O–H groups in total. The van der Waals surface area contributed by atoms with Crippen molar-refractivity contribution in [1.82, 2.24) is 16.0 Å². The first-order valence-electron chi connectivity index (χ1n) is 4.70. The average molecular weight is 173 g/mol. The molecule has 3 nitrogen and oxygen atoms in total. The first kappa shape index (κ1) is 11.9. The van der Waals surface area contributed by atoms with Crippen LogP contribution in [-0.4, -0.2) is 32.3 Å². The van der Waals surface area contributed by atoms with Crippen molar-refractivity contribution in [3.63, 3.8) is 0 Å². The Bertz CT molecular complexity index is 104. The Morgan fingerprint density at radius 1 is 1.00 bits per heavy atom. The monoisotopic (exact) mass is 173 g/mol. The van der Waals surface area contributed by atoms with Crippen LogP contribution in [0.3, 0.4) is 0 Å². The number of hydrogen-bond acceptors (Lipinski definition) is 3. The molecule has 2 atom stereocenters. The molecule has 0 saturated heterocycles. The topological polar surface area (TPSA) is 36.1 Å². The molecule has 0 aliphatic carbocycles. The van der Waals surface area contributed by atoms with E-state index in [-0.39, 0.29) is 0 Å². The summed E-state index contributed by atoms with van der Waals surface area (Å²) in [5.41, 5.74) is 0. The minimum absolute atomic E-state index is 0.410. The zero-order valence-electron chi connectivity index (χ0n) is 8.94. The molecule has 0 aromatic carbocycles. The van der Waals surface area contributed by atoms with Gasteiger partial charge >= 0.3 is 0 Å². The second-order valence-electron chi connectivity index (χ2n) is 3.59. The van der Waals surface area contributed by atoms with Gasteiger partial charge in [-0.15, -0.1) is 0 Å². The molecule has 0 spiro atoms. The van der Waals surface area contributed by atoms with Crippen LogP contribution in [0.25, 0.3) is 0 Å². The third kappa shape index (κ3) is 5.52. The normalized spacial score (nSPS) is 16.5. The van der Waals surface area contributed by atoms with Crippen LogP contribution in [0.2, 0.25) is 0 Å². The quantitative estimate of drug-likeness (QED) is 0.513. The van der Waals surface area contributed by atoms with E-state index in [0.717, 1.165) is 6.42 Å². The highest BCUT2D eigenvalue weighted by atomic mass is 15.1. The van der Waals surface area contributed by atoms with Crippen molar-refractivity contribution < 1.29 is 0 Å². The van der Waals surface area contributed by atoms with Crippen LogP contribution in [0.1, 0.15) is 27.2 Å². The first-order valence-corrected chi connectivity index (χ1v) is 4.70. The van der Waals surface area contributed by atoms with E-state index in [1.807, 2.05) is 14.1 Å². The second-order valence-corrected chi connectivity index (χ2v) is 3.59. The van der Waals surface area contributed by atoms with Crippen molar-refractivity contribution in [3.05, 3.63) is 0 Å². The lowest BCUT2D eigenvalue weighted by atomic mass is 10.2. The minimum Gasteiger partial charge on any atom is -0.317 e. The smallest absolute Gasteiger partial charge is 0.0586 e. The molecule has 12 heavy (non-hydrogen) atoms. The summed E-state index contributed by atoms with van der Waals surface area (Å²) in [4.78, 5) is 0. The molecule has 0 aliphatic rings. The Kier molecular flexibility index (Phi) is 6.34.